The van der Waals surface area contributed by atoms with Crippen molar-refractivity contribution in [1.82, 2.24) is 0 Å². The number of hydrogen-bond acceptors (Lipinski definition) is 2. The zero-order valence-electron chi connectivity index (χ0n) is 26.8. The van der Waals surface area contributed by atoms with Crippen LogP contribution >= 0.6 is 0 Å². The predicted molar refractivity (Wildman–Crippen MR) is 163 cm³/mol. The summed E-state index contributed by atoms with van der Waals surface area (Å²) in [6.45, 7) is 30.0. The first kappa shape index (κ1) is 42.9. The highest BCUT2D eigenvalue weighted by molar-refractivity contribution is 4.50. The van der Waals surface area contributed by atoms with E-state index in [9.17, 15) is 0 Å². The van der Waals surface area contributed by atoms with Crippen LogP contribution < -0.4 is 0 Å². The van der Waals surface area contributed by atoms with Crippen molar-refractivity contribution in [3.63, 3.8) is 0 Å². The van der Waals surface area contributed by atoms with Crippen LogP contribution in [0.4, 0.5) is 0 Å². The third-order valence-electron chi connectivity index (χ3n) is 7.89. The molecular weight excluding hydrogens is 444 g/mol. The Labute approximate surface area is 230 Å². The lowest BCUT2D eigenvalue weighted by molar-refractivity contribution is -0.929. The van der Waals surface area contributed by atoms with Crippen molar-refractivity contribution >= 4 is 0 Å². The minimum atomic E-state index is 0. The fourth-order valence-electron chi connectivity index (χ4n) is 5.29. The number of quaternary nitrogens is 2. The van der Waals surface area contributed by atoms with Crippen LogP contribution in [0.3, 0.4) is 0 Å². The van der Waals surface area contributed by atoms with E-state index in [-0.39, 0.29) is 11.0 Å². The fourth-order valence-corrected chi connectivity index (χ4v) is 5.29. The van der Waals surface area contributed by atoms with E-state index in [0.717, 1.165) is 0 Å². The first-order chi connectivity index (χ1) is 16.5. The Hall–Kier alpha value is -0.160. The molecule has 0 saturated carbocycles. The van der Waals surface area contributed by atoms with Gasteiger partial charge in [-0.2, -0.15) is 0 Å². The summed E-state index contributed by atoms with van der Waals surface area (Å²) in [5, 5.41) is 0. The average molecular weight is 519 g/mol. The molecule has 0 fully saturated rings. The van der Waals surface area contributed by atoms with Gasteiger partial charge in [0.25, 0.3) is 0 Å². The Morgan fingerprint density at radius 3 is 0.444 bits per heavy atom. The highest BCUT2D eigenvalue weighted by Crippen LogP contribution is 2.17. The molecule has 224 valence electrons. The maximum Gasteiger partial charge on any atom is 0.0786 e. The lowest BCUT2D eigenvalue weighted by Gasteiger charge is -2.39. The number of unbranched alkanes of at least 4 members (excludes halogenated alkanes) is 8. The monoisotopic (exact) mass is 519 g/mol. The Kier molecular flexibility index (Phi) is 37.0. The minimum Gasteiger partial charge on any atom is -0.870 e. The van der Waals surface area contributed by atoms with Gasteiger partial charge in [-0.25, -0.2) is 0 Å². The summed E-state index contributed by atoms with van der Waals surface area (Å²) in [7, 11) is 0. The highest BCUT2D eigenvalue weighted by Gasteiger charge is 2.25. The molecular formula is C32H74N2O2. The van der Waals surface area contributed by atoms with Crippen LogP contribution in [0, 0.1) is 0 Å². The highest BCUT2D eigenvalue weighted by atomic mass is 16.0. The van der Waals surface area contributed by atoms with Gasteiger partial charge in [0, 0.05) is 0 Å². The van der Waals surface area contributed by atoms with E-state index in [2.05, 4.69) is 55.4 Å². The van der Waals surface area contributed by atoms with Crippen LogP contribution in [0.2, 0.25) is 0 Å². The first-order valence-electron chi connectivity index (χ1n) is 16.2. The van der Waals surface area contributed by atoms with E-state index < -0.39 is 0 Å². The van der Waals surface area contributed by atoms with Gasteiger partial charge in [-0.15, -0.1) is 0 Å². The molecule has 0 atom stereocenters. The summed E-state index contributed by atoms with van der Waals surface area (Å²) in [4.78, 5) is 0. The molecule has 0 aliphatic carbocycles. The van der Waals surface area contributed by atoms with Crippen molar-refractivity contribution < 1.29 is 19.9 Å². The number of hydrogen-bond donors (Lipinski definition) is 0. The molecule has 0 aromatic rings. The van der Waals surface area contributed by atoms with Crippen LogP contribution in [0.5, 0.6) is 0 Å². The molecule has 0 saturated heterocycles. The molecule has 0 unspecified atom stereocenters. The van der Waals surface area contributed by atoms with Crippen LogP contribution in [-0.4, -0.2) is 72.3 Å². The Bertz CT molecular complexity index is 279. The van der Waals surface area contributed by atoms with Crippen LogP contribution in [0.1, 0.15) is 158 Å². The van der Waals surface area contributed by atoms with Gasteiger partial charge in [0.1, 0.15) is 0 Å². The second-order valence-corrected chi connectivity index (χ2v) is 11.3. The number of rotatable bonds is 24. The van der Waals surface area contributed by atoms with Crippen molar-refractivity contribution in [3.8, 4) is 0 Å². The summed E-state index contributed by atoms with van der Waals surface area (Å²) >= 11 is 0. The molecule has 0 amide bonds. The van der Waals surface area contributed by atoms with Gasteiger partial charge in [-0.05, 0) is 51.4 Å². The van der Waals surface area contributed by atoms with Crippen molar-refractivity contribution in [2.24, 2.45) is 0 Å². The largest absolute Gasteiger partial charge is 0.870 e. The van der Waals surface area contributed by atoms with Gasteiger partial charge in [0.15, 0.2) is 0 Å². The van der Waals surface area contributed by atoms with Crippen molar-refractivity contribution in [2.75, 3.05) is 52.4 Å². The first-order valence-corrected chi connectivity index (χ1v) is 16.2. The molecule has 4 nitrogen and oxygen atoms in total. The fraction of sp³-hybridized carbons (Fsp3) is 1.00. The van der Waals surface area contributed by atoms with Gasteiger partial charge in [-0.3, -0.25) is 0 Å². The Balaban J connectivity index is -0.000000269. The summed E-state index contributed by atoms with van der Waals surface area (Å²) < 4.78 is 2.84. The van der Waals surface area contributed by atoms with Gasteiger partial charge in [0.05, 0.1) is 52.4 Å². The van der Waals surface area contributed by atoms with E-state index in [1.54, 1.807) is 0 Å². The van der Waals surface area contributed by atoms with Crippen LogP contribution in [0.25, 0.3) is 0 Å². The quantitative estimate of drug-likeness (QED) is 0.119. The van der Waals surface area contributed by atoms with Crippen LogP contribution in [-0.2, 0) is 0 Å². The van der Waals surface area contributed by atoms with E-state index in [1.165, 1.54) is 164 Å². The Morgan fingerprint density at radius 2 is 0.361 bits per heavy atom. The molecule has 0 rings (SSSR count). The third-order valence-corrected chi connectivity index (χ3v) is 7.89. The van der Waals surface area contributed by atoms with E-state index in [4.69, 9.17) is 0 Å². The summed E-state index contributed by atoms with van der Waals surface area (Å²) in [6, 6.07) is 0. The molecule has 0 bridgehead atoms. The van der Waals surface area contributed by atoms with E-state index in [1.807, 2.05) is 0 Å². The van der Waals surface area contributed by atoms with Gasteiger partial charge < -0.3 is 19.9 Å². The lowest BCUT2D eigenvalue weighted by atomic mass is 10.1. The molecule has 0 aromatic heterocycles. The Morgan fingerprint density at radius 1 is 0.250 bits per heavy atom. The van der Waals surface area contributed by atoms with Crippen molar-refractivity contribution in [2.45, 2.75) is 158 Å². The summed E-state index contributed by atoms with van der Waals surface area (Å²) in [6.07, 6.45) is 22.1. The average Bonchev–Trinajstić information content (AvgIpc) is 2.87. The van der Waals surface area contributed by atoms with Crippen LogP contribution in [0.15, 0.2) is 0 Å². The predicted octanol–water partition coefficient (Wildman–Crippen LogP) is 9.65. The second kappa shape index (κ2) is 31.1. The van der Waals surface area contributed by atoms with Crippen molar-refractivity contribution in [1.29, 1.82) is 0 Å². The maximum absolute atomic E-state index is 2.33. The van der Waals surface area contributed by atoms with Gasteiger partial charge in [-0.1, -0.05) is 107 Å². The van der Waals surface area contributed by atoms with E-state index >= 15 is 0 Å². The summed E-state index contributed by atoms with van der Waals surface area (Å²) in [5.74, 6) is 0. The molecule has 0 radical (unpaired) electrons. The minimum absolute atomic E-state index is 0. The standard InChI is InChI=1S/2C16H36N.2H2O/c2*1-5-9-13-17(14-10-6-2,15-11-7-3)16-12-8-4;;/h2*5-16H2,1-4H3;2*1H2/q2*+1;;/p-2. The molecule has 36 heavy (non-hydrogen) atoms. The maximum atomic E-state index is 2.33. The normalized spacial score (nSPS) is 11.3. The summed E-state index contributed by atoms with van der Waals surface area (Å²) in [5.41, 5.74) is 0. The van der Waals surface area contributed by atoms with Gasteiger partial charge >= 0.3 is 0 Å². The molecule has 2 N–H and O–H groups in total. The van der Waals surface area contributed by atoms with Crippen molar-refractivity contribution in [3.05, 3.63) is 0 Å². The topological polar surface area (TPSA) is 60.0 Å². The second-order valence-electron chi connectivity index (χ2n) is 11.3. The van der Waals surface area contributed by atoms with Gasteiger partial charge in [0.2, 0.25) is 0 Å². The zero-order valence-corrected chi connectivity index (χ0v) is 26.8. The molecule has 0 aliphatic rings. The SMILES string of the molecule is CCCC[N+](CCCC)(CCCC)CCCC.CCCC[N+](CCCC)(CCCC)CCCC.[OH-].[OH-]. The lowest BCUT2D eigenvalue weighted by Crippen LogP contribution is -2.50. The molecule has 0 spiro atoms. The molecule has 0 aliphatic heterocycles. The third kappa shape index (κ3) is 23.0. The molecule has 0 heterocycles. The number of nitrogens with zero attached hydrogens (tertiary/aromatic N) is 2. The molecule has 4 heteroatoms. The molecule has 0 aromatic carbocycles. The zero-order chi connectivity index (χ0) is 26.0. The smallest absolute Gasteiger partial charge is 0.0786 e. The van der Waals surface area contributed by atoms with E-state index in [0.29, 0.717) is 0 Å².